The maximum Gasteiger partial charge on any atom is 0.160 e. The normalized spacial score (nSPS) is 12.3. The number of ether oxygens (including phenoxy) is 1. The molecular formula is C22H19FO3. The molecule has 3 aromatic rings. The number of halogens is 1. The average Bonchev–Trinajstić information content (AvgIpc) is 2.67. The second-order valence-corrected chi connectivity index (χ2v) is 5.83. The van der Waals surface area contributed by atoms with E-state index in [1.807, 2.05) is 24.3 Å². The predicted molar refractivity (Wildman–Crippen MR) is 100 cm³/mol. The summed E-state index contributed by atoms with van der Waals surface area (Å²) in [6.07, 6.45) is 2.52. The first-order chi connectivity index (χ1) is 12.6. The third-order valence-electron chi connectivity index (χ3n) is 4.11. The van der Waals surface area contributed by atoms with Crippen LogP contribution in [0.25, 0.3) is 17.2 Å². The molecule has 0 saturated carbocycles. The van der Waals surface area contributed by atoms with Crippen LogP contribution in [0, 0.1) is 5.82 Å². The van der Waals surface area contributed by atoms with Crippen molar-refractivity contribution in [3.8, 4) is 22.6 Å². The van der Waals surface area contributed by atoms with E-state index < -0.39 is 6.10 Å². The van der Waals surface area contributed by atoms with Crippen LogP contribution in [0.5, 0.6) is 11.5 Å². The number of benzene rings is 3. The van der Waals surface area contributed by atoms with Crippen molar-refractivity contribution in [2.75, 3.05) is 7.11 Å². The maximum absolute atomic E-state index is 13.2. The number of methoxy groups -OCH3 is 1. The van der Waals surface area contributed by atoms with Crippen molar-refractivity contribution in [2.45, 2.75) is 6.10 Å². The van der Waals surface area contributed by atoms with Crippen molar-refractivity contribution >= 4 is 6.08 Å². The summed E-state index contributed by atoms with van der Waals surface area (Å²) in [6.45, 7) is 0. The molecule has 132 valence electrons. The van der Waals surface area contributed by atoms with Crippen molar-refractivity contribution in [3.63, 3.8) is 0 Å². The number of aliphatic hydroxyl groups excluding tert-OH is 1. The SMILES string of the molecule is COc1ccc(/C=C/C(O)c2ccccc2-c2ccc(F)cc2)cc1O. The lowest BCUT2D eigenvalue weighted by Crippen LogP contribution is -1.96. The van der Waals surface area contributed by atoms with Gasteiger partial charge in [-0.2, -0.15) is 0 Å². The van der Waals surface area contributed by atoms with Crippen LogP contribution in [0.1, 0.15) is 17.2 Å². The Labute approximate surface area is 151 Å². The van der Waals surface area contributed by atoms with Gasteiger partial charge in [-0.25, -0.2) is 4.39 Å². The minimum Gasteiger partial charge on any atom is -0.504 e. The number of rotatable bonds is 5. The molecule has 0 amide bonds. The van der Waals surface area contributed by atoms with Crippen LogP contribution < -0.4 is 4.74 Å². The van der Waals surface area contributed by atoms with Crippen molar-refractivity contribution in [1.82, 2.24) is 0 Å². The summed E-state index contributed by atoms with van der Waals surface area (Å²) in [6, 6.07) is 18.6. The van der Waals surface area contributed by atoms with Crippen LogP contribution in [0.15, 0.2) is 72.8 Å². The second kappa shape index (κ2) is 7.85. The van der Waals surface area contributed by atoms with Gasteiger partial charge in [0.05, 0.1) is 13.2 Å². The Hall–Kier alpha value is -3.11. The standard InChI is InChI=1S/C22H19FO3/c1-26-22-13-7-15(14-21(22)25)6-12-20(24)19-5-3-2-4-18(19)16-8-10-17(23)11-9-16/h2-14,20,24-25H,1H3/b12-6+. The predicted octanol–water partition coefficient (Wildman–Crippen LogP) is 4.95. The molecule has 3 aromatic carbocycles. The Morgan fingerprint density at radius 1 is 1.00 bits per heavy atom. The maximum atomic E-state index is 13.2. The zero-order valence-corrected chi connectivity index (χ0v) is 14.3. The average molecular weight is 350 g/mol. The van der Waals surface area contributed by atoms with Crippen LogP contribution in [-0.2, 0) is 0 Å². The van der Waals surface area contributed by atoms with E-state index in [0.29, 0.717) is 11.3 Å². The zero-order valence-electron chi connectivity index (χ0n) is 14.3. The van der Waals surface area contributed by atoms with Gasteiger partial charge in [-0.15, -0.1) is 0 Å². The van der Waals surface area contributed by atoms with Gasteiger partial charge in [-0.05, 0) is 46.5 Å². The van der Waals surface area contributed by atoms with E-state index in [-0.39, 0.29) is 11.6 Å². The minimum absolute atomic E-state index is 0.0378. The van der Waals surface area contributed by atoms with E-state index in [1.165, 1.54) is 19.2 Å². The Morgan fingerprint density at radius 2 is 1.73 bits per heavy atom. The zero-order chi connectivity index (χ0) is 18.5. The molecule has 0 radical (unpaired) electrons. The van der Waals surface area contributed by atoms with Gasteiger partial charge < -0.3 is 14.9 Å². The Morgan fingerprint density at radius 3 is 2.42 bits per heavy atom. The minimum atomic E-state index is -0.847. The summed E-state index contributed by atoms with van der Waals surface area (Å²) >= 11 is 0. The lowest BCUT2D eigenvalue weighted by molar-refractivity contribution is 0.230. The Bertz CT molecular complexity index is 917. The molecule has 0 fully saturated rings. The fourth-order valence-electron chi connectivity index (χ4n) is 2.76. The molecule has 0 aliphatic carbocycles. The largest absolute Gasteiger partial charge is 0.504 e. The first kappa shape index (κ1) is 17.7. The first-order valence-corrected chi connectivity index (χ1v) is 8.16. The molecule has 0 aromatic heterocycles. The molecule has 1 atom stereocenters. The summed E-state index contributed by atoms with van der Waals surface area (Å²) in [7, 11) is 1.49. The smallest absolute Gasteiger partial charge is 0.160 e. The second-order valence-electron chi connectivity index (χ2n) is 5.83. The molecule has 26 heavy (non-hydrogen) atoms. The van der Waals surface area contributed by atoms with Gasteiger partial charge in [-0.3, -0.25) is 0 Å². The van der Waals surface area contributed by atoms with E-state index in [0.717, 1.165) is 16.7 Å². The highest BCUT2D eigenvalue weighted by molar-refractivity contribution is 5.68. The Balaban J connectivity index is 1.87. The van der Waals surface area contributed by atoms with Crippen molar-refractivity contribution in [3.05, 3.63) is 89.8 Å². The fraction of sp³-hybridized carbons (Fsp3) is 0.0909. The monoisotopic (exact) mass is 350 g/mol. The van der Waals surface area contributed by atoms with Crippen molar-refractivity contribution < 1.29 is 19.3 Å². The molecule has 4 heteroatoms. The number of phenols is 1. The first-order valence-electron chi connectivity index (χ1n) is 8.16. The highest BCUT2D eigenvalue weighted by atomic mass is 19.1. The lowest BCUT2D eigenvalue weighted by Gasteiger charge is -2.13. The molecule has 0 heterocycles. The highest BCUT2D eigenvalue weighted by Gasteiger charge is 2.11. The van der Waals surface area contributed by atoms with Crippen LogP contribution in [0.3, 0.4) is 0 Å². The summed E-state index contributed by atoms with van der Waals surface area (Å²) in [5.74, 6) is 0.131. The summed E-state index contributed by atoms with van der Waals surface area (Å²) in [5, 5.41) is 20.4. The summed E-state index contributed by atoms with van der Waals surface area (Å²) < 4.78 is 18.2. The van der Waals surface area contributed by atoms with Gasteiger partial charge in [0.1, 0.15) is 5.82 Å². The molecular weight excluding hydrogens is 331 g/mol. The quantitative estimate of drug-likeness (QED) is 0.684. The molecule has 0 saturated heterocycles. The van der Waals surface area contributed by atoms with Crippen LogP contribution in [0.2, 0.25) is 0 Å². The number of hydrogen-bond acceptors (Lipinski definition) is 3. The van der Waals surface area contributed by atoms with Crippen LogP contribution >= 0.6 is 0 Å². The molecule has 0 spiro atoms. The third-order valence-corrected chi connectivity index (χ3v) is 4.11. The number of hydrogen-bond donors (Lipinski definition) is 2. The van der Waals surface area contributed by atoms with Gasteiger partial charge in [-0.1, -0.05) is 54.6 Å². The van der Waals surface area contributed by atoms with Gasteiger partial charge in [0.2, 0.25) is 0 Å². The van der Waals surface area contributed by atoms with E-state index in [9.17, 15) is 14.6 Å². The third kappa shape index (κ3) is 3.92. The molecule has 0 aliphatic rings. The van der Waals surface area contributed by atoms with Gasteiger partial charge in [0.15, 0.2) is 11.5 Å². The van der Waals surface area contributed by atoms with Crippen molar-refractivity contribution in [1.29, 1.82) is 0 Å². The molecule has 2 N–H and O–H groups in total. The number of aliphatic hydroxyl groups is 1. The van der Waals surface area contributed by atoms with E-state index in [4.69, 9.17) is 4.74 Å². The van der Waals surface area contributed by atoms with Gasteiger partial charge >= 0.3 is 0 Å². The number of aromatic hydroxyl groups is 1. The topological polar surface area (TPSA) is 49.7 Å². The van der Waals surface area contributed by atoms with Gasteiger partial charge in [0, 0.05) is 0 Å². The highest BCUT2D eigenvalue weighted by Crippen LogP contribution is 2.30. The molecule has 3 nitrogen and oxygen atoms in total. The van der Waals surface area contributed by atoms with E-state index in [2.05, 4.69) is 0 Å². The van der Waals surface area contributed by atoms with Crippen molar-refractivity contribution in [2.24, 2.45) is 0 Å². The van der Waals surface area contributed by atoms with Crippen LogP contribution in [0.4, 0.5) is 4.39 Å². The number of phenolic OH excluding ortho intramolecular Hbond substituents is 1. The summed E-state index contributed by atoms with van der Waals surface area (Å²) in [5.41, 5.74) is 3.12. The fourth-order valence-corrected chi connectivity index (χ4v) is 2.76. The molecule has 3 rings (SSSR count). The van der Waals surface area contributed by atoms with E-state index >= 15 is 0 Å². The Kier molecular flexibility index (Phi) is 5.34. The molecule has 0 aliphatic heterocycles. The molecule has 1 unspecified atom stereocenters. The van der Waals surface area contributed by atoms with Gasteiger partial charge in [0.25, 0.3) is 0 Å². The van der Waals surface area contributed by atoms with E-state index in [1.54, 1.807) is 42.5 Å². The summed E-state index contributed by atoms with van der Waals surface area (Å²) in [4.78, 5) is 0. The van der Waals surface area contributed by atoms with Crippen LogP contribution in [-0.4, -0.2) is 17.3 Å². The lowest BCUT2D eigenvalue weighted by atomic mass is 9.95. The molecule has 0 bridgehead atoms.